The van der Waals surface area contributed by atoms with Gasteiger partial charge in [-0.15, -0.1) is 0 Å². The van der Waals surface area contributed by atoms with Gasteiger partial charge in [0, 0.05) is 13.1 Å². The predicted molar refractivity (Wildman–Crippen MR) is 75.6 cm³/mol. The first kappa shape index (κ1) is 15.1. The summed E-state index contributed by atoms with van der Waals surface area (Å²) in [6.45, 7) is 5.72. The molecule has 1 aromatic heterocycles. The monoisotopic (exact) mass is 267 g/mol. The molecule has 1 aromatic rings. The van der Waals surface area contributed by atoms with Crippen molar-refractivity contribution >= 4 is 17.5 Å². The second kappa shape index (κ2) is 6.86. The van der Waals surface area contributed by atoms with Gasteiger partial charge in [-0.3, -0.25) is 10.1 Å². The molecule has 0 saturated carbocycles. The number of unbranched alkanes of at least 4 members (excludes halogenated alkanes) is 1. The zero-order valence-corrected chi connectivity index (χ0v) is 11.9. The van der Waals surface area contributed by atoms with E-state index in [1.807, 2.05) is 6.92 Å². The SMILES string of the molecule is CCCCC(C)Nc1nc(NC)nc(C)c1[N+](=O)[O-]. The Kier molecular flexibility index (Phi) is 5.47. The fourth-order valence-corrected chi connectivity index (χ4v) is 1.81. The molecule has 19 heavy (non-hydrogen) atoms. The number of hydrogen-bond acceptors (Lipinski definition) is 6. The minimum atomic E-state index is -0.441. The van der Waals surface area contributed by atoms with E-state index in [2.05, 4.69) is 27.5 Å². The summed E-state index contributed by atoms with van der Waals surface area (Å²) in [5.41, 5.74) is 0.303. The molecule has 2 N–H and O–H groups in total. The Morgan fingerprint density at radius 2 is 2.11 bits per heavy atom. The molecule has 1 atom stereocenters. The highest BCUT2D eigenvalue weighted by Gasteiger charge is 2.22. The molecule has 0 saturated heterocycles. The van der Waals surface area contributed by atoms with E-state index in [9.17, 15) is 10.1 Å². The second-order valence-electron chi connectivity index (χ2n) is 4.52. The molecule has 7 nitrogen and oxygen atoms in total. The van der Waals surface area contributed by atoms with Gasteiger partial charge in [-0.2, -0.15) is 4.98 Å². The Morgan fingerprint density at radius 3 is 2.63 bits per heavy atom. The van der Waals surface area contributed by atoms with Crippen LogP contribution in [0, 0.1) is 17.0 Å². The Bertz CT molecular complexity index is 450. The van der Waals surface area contributed by atoms with E-state index in [-0.39, 0.29) is 17.5 Å². The van der Waals surface area contributed by atoms with Gasteiger partial charge in [0.05, 0.1) is 4.92 Å². The molecule has 0 aliphatic heterocycles. The Morgan fingerprint density at radius 1 is 1.42 bits per heavy atom. The zero-order valence-electron chi connectivity index (χ0n) is 11.9. The first-order chi connectivity index (χ1) is 8.99. The number of anilines is 2. The van der Waals surface area contributed by atoms with Crippen molar-refractivity contribution in [1.29, 1.82) is 0 Å². The quantitative estimate of drug-likeness (QED) is 0.583. The molecule has 0 aliphatic carbocycles. The highest BCUT2D eigenvalue weighted by atomic mass is 16.6. The van der Waals surface area contributed by atoms with E-state index in [1.165, 1.54) is 0 Å². The zero-order chi connectivity index (χ0) is 14.4. The summed E-state index contributed by atoms with van der Waals surface area (Å²) >= 11 is 0. The maximum Gasteiger partial charge on any atom is 0.332 e. The standard InChI is InChI=1S/C12H21N5O2/c1-5-6-7-8(2)14-11-10(17(18)19)9(3)15-12(13-4)16-11/h8H,5-7H2,1-4H3,(H2,13,14,15,16). The lowest BCUT2D eigenvalue weighted by Crippen LogP contribution is -2.18. The van der Waals surface area contributed by atoms with Crippen molar-refractivity contribution in [2.75, 3.05) is 17.7 Å². The lowest BCUT2D eigenvalue weighted by atomic mass is 10.1. The number of hydrogen-bond donors (Lipinski definition) is 2. The number of nitro groups is 1. The van der Waals surface area contributed by atoms with Crippen molar-refractivity contribution < 1.29 is 4.92 Å². The van der Waals surface area contributed by atoms with E-state index >= 15 is 0 Å². The van der Waals surface area contributed by atoms with Gasteiger partial charge >= 0.3 is 5.69 Å². The number of nitrogens with zero attached hydrogens (tertiary/aromatic N) is 3. The van der Waals surface area contributed by atoms with Crippen molar-refractivity contribution in [3.8, 4) is 0 Å². The fraction of sp³-hybridized carbons (Fsp3) is 0.667. The van der Waals surface area contributed by atoms with Crippen LogP contribution in [0.5, 0.6) is 0 Å². The summed E-state index contributed by atoms with van der Waals surface area (Å²) in [6.07, 6.45) is 3.12. The van der Waals surface area contributed by atoms with Crippen LogP contribution >= 0.6 is 0 Å². The molecule has 0 bridgehead atoms. The van der Waals surface area contributed by atoms with Crippen LogP contribution in [0.15, 0.2) is 0 Å². The van der Waals surface area contributed by atoms with Gasteiger partial charge < -0.3 is 10.6 Å². The van der Waals surface area contributed by atoms with Gasteiger partial charge in [0.15, 0.2) is 0 Å². The molecule has 0 aliphatic rings. The van der Waals surface area contributed by atoms with Crippen molar-refractivity contribution in [2.45, 2.75) is 46.1 Å². The topological polar surface area (TPSA) is 93.0 Å². The predicted octanol–water partition coefficient (Wildman–Crippen LogP) is 2.73. The summed E-state index contributed by atoms with van der Waals surface area (Å²) in [4.78, 5) is 18.8. The van der Waals surface area contributed by atoms with Gasteiger partial charge in [-0.1, -0.05) is 19.8 Å². The van der Waals surface area contributed by atoms with Crippen molar-refractivity contribution in [1.82, 2.24) is 9.97 Å². The molecule has 0 fully saturated rings. The van der Waals surface area contributed by atoms with Crippen LogP contribution in [-0.4, -0.2) is 28.0 Å². The second-order valence-corrected chi connectivity index (χ2v) is 4.52. The molecule has 0 spiro atoms. The van der Waals surface area contributed by atoms with Crippen molar-refractivity contribution in [3.05, 3.63) is 15.8 Å². The highest BCUT2D eigenvalue weighted by molar-refractivity contribution is 5.61. The van der Waals surface area contributed by atoms with E-state index in [0.717, 1.165) is 19.3 Å². The minimum Gasteiger partial charge on any atom is -0.362 e. The molecule has 106 valence electrons. The van der Waals surface area contributed by atoms with E-state index in [1.54, 1.807) is 14.0 Å². The third-order valence-corrected chi connectivity index (χ3v) is 2.84. The molecule has 1 heterocycles. The lowest BCUT2D eigenvalue weighted by molar-refractivity contribution is -0.385. The average molecular weight is 267 g/mol. The first-order valence-electron chi connectivity index (χ1n) is 6.46. The molecule has 1 rings (SSSR count). The number of aryl methyl sites for hydroxylation is 1. The third-order valence-electron chi connectivity index (χ3n) is 2.84. The van der Waals surface area contributed by atoms with Crippen molar-refractivity contribution in [3.63, 3.8) is 0 Å². The van der Waals surface area contributed by atoms with E-state index in [0.29, 0.717) is 11.6 Å². The molecule has 0 aromatic carbocycles. The van der Waals surface area contributed by atoms with Gasteiger partial charge in [-0.25, -0.2) is 4.98 Å². The maximum absolute atomic E-state index is 11.1. The van der Waals surface area contributed by atoms with Gasteiger partial charge in [-0.05, 0) is 20.3 Å². The average Bonchev–Trinajstić information content (AvgIpc) is 2.35. The number of rotatable bonds is 7. The minimum absolute atomic E-state index is 0.0534. The molecule has 0 amide bonds. The summed E-state index contributed by atoms with van der Waals surface area (Å²) in [5.74, 6) is 0.666. The maximum atomic E-state index is 11.1. The Labute approximate surface area is 113 Å². The summed E-state index contributed by atoms with van der Waals surface area (Å²) < 4.78 is 0. The Hall–Kier alpha value is -1.92. The molecular weight excluding hydrogens is 246 g/mol. The van der Waals surface area contributed by atoms with Gasteiger partial charge in [0.2, 0.25) is 11.8 Å². The van der Waals surface area contributed by atoms with Crippen LogP contribution in [0.4, 0.5) is 17.5 Å². The highest BCUT2D eigenvalue weighted by Crippen LogP contribution is 2.27. The van der Waals surface area contributed by atoms with Crippen LogP contribution in [-0.2, 0) is 0 Å². The number of aromatic nitrogens is 2. The molecule has 0 radical (unpaired) electrons. The molecule has 7 heteroatoms. The van der Waals surface area contributed by atoms with Gasteiger partial charge in [0.1, 0.15) is 5.69 Å². The van der Waals surface area contributed by atoms with E-state index < -0.39 is 4.92 Å². The first-order valence-corrected chi connectivity index (χ1v) is 6.46. The normalized spacial score (nSPS) is 12.0. The van der Waals surface area contributed by atoms with Crippen LogP contribution < -0.4 is 10.6 Å². The smallest absolute Gasteiger partial charge is 0.332 e. The number of nitrogens with one attached hydrogen (secondary N) is 2. The molecule has 1 unspecified atom stereocenters. The lowest BCUT2D eigenvalue weighted by Gasteiger charge is -2.15. The van der Waals surface area contributed by atoms with Crippen molar-refractivity contribution in [2.24, 2.45) is 0 Å². The summed E-state index contributed by atoms with van der Waals surface area (Å²) in [6, 6.07) is 0.137. The van der Waals surface area contributed by atoms with Gasteiger partial charge in [0.25, 0.3) is 0 Å². The Balaban J connectivity index is 3.02. The molecular formula is C12H21N5O2. The fourth-order valence-electron chi connectivity index (χ4n) is 1.81. The van der Waals surface area contributed by atoms with Crippen LogP contribution in [0.3, 0.4) is 0 Å². The van der Waals surface area contributed by atoms with Crippen LogP contribution in [0.25, 0.3) is 0 Å². The summed E-state index contributed by atoms with van der Waals surface area (Å²) in [7, 11) is 1.69. The van der Waals surface area contributed by atoms with Crippen LogP contribution in [0.1, 0.15) is 38.8 Å². The largest absolute Gasteiger partial charge is 0.362 e. The van der Waals surface area contributed by atoms with E-state index in [4.69, 9.17) is 0 Å². The third kappa shape index (κ3) is 4.04. The summed E-state index contributed by atoms with van der Waals surface area (Å²) in [5, 5.41) is 17.0. The van der Waals surface area contributed by atoms with Crippen LogP contribution in [0.2, 0.25) is 0 Å².